The number of carbonyl (C=O) groups is 2. The predicted octanol–water partition coefficient (Wildman–Crippen LogP) is 1.74. The summed E-state index contributed by atoms with van der Waals surface area (Å²) >= 11 is 0. The molecule has 0 saturated carbocycles. The fraction of sp³-hybridized carbons (Fsp3) is 0.615. The molecule has 2 N–H and O–H groups in total. The Morgan fingerprint density at radius 1 is 1.40 bits per heavy atom. The number of hydrogen-bond acceptors (Lipinski definition) is 6. The van der Waals surface area contributed by atoms with Crippen molar-refractivity contribution in [3.8, 4) is 0 Å². The van der Waals surface area contributed by atoms with Crippen molar-refractivity contribution in [2.45, 2.75) is 45.6 Å². The van der Waals surface area contributed by atoms with Crippen molar-refractivity contribution >= 4 is 18.0 Å². The molecule has 1 aromatic rings. The van der Waals surface area contributed by atoms with Gasteiger partial charge in [-0.05, 0) is 33.6 Å². The second kappa shape index (κ2) is 6.40. The topological polar surface area (TPSA) is 96.4 Å². The maximum atomic E-state index is 11.9. The summed E-state index contributed by atoms with van der Waals surface area (Å²) in [5, 5.41) is 0. The van der Waals surface area contributed by atoms with Crippen LogP contribution >= 0.6 is 0 Å². The van der Waals surface area contributed by atoms with Gasteiger partial charge in [-0.3, -0.25) is 4.79 Å². The summed E-state index contributed by atoms with van der Waals surface area (Å²) in [6, 6.07) is 0. The van der Waals surface area contributed by atoms with E-state index < -0.39 is 11.7 Å². The zero-order valence-electron chi connectivity index (χ0n) is 12.3. The minimum atomic E-state index is -0.598. The molecule has 1 heterocycles. The van der Waals surface area contributed by atoms with Gasteiger partial charge in [-0.25, -0.2) is 14.3 Å². The summed E-state index contributed by atoms with van der Waals surface area (Å²) < 4.78 is 10.9. The Hall–Kier alpha value is -2.05. The molecular weight excluding hydrogens is 262 g/mol. The van der Waals surface area contributed by atoms with Crippen LogP contribution in [0, 0.1) is 0 Å². The molecule has 0 bridgehead atoms. The fourth-order valence-corrected chi connectivity index (χ4v) is 1.54. The number of ether oxygens (including phenoxy) is 2. The highest BCUT2D eigenvalue weighted by Gasteiger charge is 2.20. The molecule has 0 aliphatic carbocycles. The molecule has 0 aliphatic rings. The van der Waals surface area contributed by atoms with Crippen LogP contribution in [0.25, 0.3) is 0 Å². The largest absolute Gasteiger partial charge is 0.469 e. The minimum absolute atomic E-state index is 0.0762. The van der Waals surface area contributed by atoms with Crippen molar-refractivity contribution in [3.05, 3.63) is 11.9 Å². The number of aromatic nitrogens is 2. The summed E-state index contributed by atoms with van der Waals surface area (Å²) in [5.41, 5.74) is 5.72. The first-order valence-corrected chi connectivity index (χ1v) is 6.37. The second-order valence-electron chi connectivity index (χ2n) is 5.37. The third kappa shape index (κ3) is 4.91. The Morgan fingerprint density at radius 2 is 2.05 bits per heavy atom. The van der Waals surface area contributed by atoms with E-state index in [1.54, 1.807) is 20.8 Å². The predicted molar refractivity (Wildman–Crippen MR) is 73.2 cm³/mol. The summed E-state index contributed by atoms with van der Waals surface area (Å²) in [4.78, 5) is 26.9. The van der Waals surface area contributed by atoms with E-state index in [-0.39, 0.29) is 11.9 Å². The molecule has 0 amide bonds. The molecule has 0 unspecified atom stereocenters. The van der Waals surface area contributed by atoms with E-state index in [1.807, 2.05) is 0 Å². The summed E-state index contributed by atoms with van der Waals surface area (Å²) in [6.07, 6.45) is 2.38. The third-order valence-electron chi connectivity index (χ3n) is 2.41. The first-order chi connectivity index (χ1) is 9.23. The van der Waals surface area contributed by atoms with E-state index in [0.29, 0.717) is 25.0 Å². The molecule has 1 rings (SSSR count). The molecule has 0 radical (unpaired) electrons. The summed E-state index contributed by atoms with van der Waals surface area (Å²) in [6.45, 7) is 5.32. The van der Waals surface area contributed by atoms with Gasteiger partial charge in [0.05, 0.1) is 12.8 Å². The van der Waals surface area contributed by atoms with Crippen molar-refractivity contribution in [2.24, 2.45) is 0 Å². The average Bonchev–Trinajstić information content (AvgIpc) is 2.68. The lowest BCUT2D eigenvalue weighted by Gasteiger charge is -2.19. The van der Waals surface area contributed by atoms with Crippen LogP contribution in [0.1, 0.15) is 39.3 Å². The quantitative estimate of drug-likeness (QED) is 0.845. The van der Waals surface area contributed by atoms with E-state index in [2.05, 4.69) is 9.72 Å². The van der Waals surface area contributed by atoms with Gasteiger partial charge >= 0.3 is 12.1 Å². The van der Waals surface area contributed by atoms with Crippen molar-refractivity contribution in [2.75, 3.05) is 12.8 Å². The molecule has 7 heteroatoms. The number of nitrogen functional groups attached to an aromatic ring is 1. The van der Waals surface area contributed by atoms with Crippen LogP contribution in [0.2, 0.25) is 0 Å². The van der Waals surface area contributed by atoms with Gasteiger partial charge in [0.1, 0.15) is 5.60 Å². The number of hydrogen-bond donors (Lipinski definition) is 1. The maximum Gasteiger partial charge on any atom is 0.421 e. The maximum absolute atomic E-state index is 11.9. The van der Waals surface area contributed by atoms with Gasteiger partial charge in [0, 0.05) is 12.6 Å². The van der Waals surface area contributed by atoms with Crippen LogP contribution in [0.5, 0.6) is 0 Å². The molecule has 0 aliphatic heterocycles. The Labute approximate surface area is 118 Å². The van der Waals surface area contributed by atoms with Gasteiger partial charge in [0.2, 0.25) is 5.95 Å². The van der Waals surface area contributed by atoms with Crippen molar-refractivity contribution in [3.63, 3.8) is 0 Å². The van der Waals surface area contributed by atoms with E-state index in [4.69, 9.17) is 10.5 Å². The van der Waals surface area contributed by atoms with Gasteiger partial charge in [0.15, 0.2) is 0 Å². The van der Waals surface area contributed by atoms with Crippen LogP contribution < -0.4 is 5.73 Å². The molecule has 0 aromatic carbocycles. The van der Waals surface area contributed by atoms with Crippen LogP contribution in [0.4, 0.5) is 10.7 Å². The first kappa shape index (κ1) is 16.0. The molecule has 7 nitrogen and oxygen atoms in total. The number of methoxy groups -OCH3 is 1. The zero-order chi connectivity index (χ0) is 15.3. The van der Waals surface area contributed by atoms with E-state index in [1.165, 1.54) is 17.9 Å². The van der Waals surface area contributed by atoms with E-state index in [9.17, 15) is 9.59 Å². The Kier molecular flexibility index (Phi) is 5.12. The zero-order valence-corrected chi connectivity index (χ0v) is 12.3. The molecule has 0 atom stereocenters. The van der Waals surface area contributed by atoms with Crippen LogP contribution in [0.15, 0.2) is 6.20 Å². The normalized spacial score (nSPS) is 11.2. The highest BCUT2D eigenvalue weighted by Crippen LogP contribution is 2.13. The van der Waals surface area contributed by atoms with Gasteiger partial charge in [-0.2, -0.15) is 0 Å². The summed E-state index contributed by atoms with van der Waals surface area (Å²) in [7, 11) is 1.34. The second-order valence-corrected chi connectivity index (χ2v) is 5.37. The summed E-state index contributed by atoms with van der Waals surface area (Å²) in [5.74, 6) is -0.197. The highest BCUT2D eigenvalue weighted by molar-refractivity contribution is 5.74. The number of anilines is 1. The van der Waals surface area contributed by atoms with Gasteiger partial charge in [-0.1, -0.05) is 0 Å². The van der Waals surface area contributed by atoms with E-state index >= 15 is 0 Å². The number of esters is 1. The lowest BCUT2D eigenvalue weighted by molar-refractivity contribution is -0.140. The van der Waals surface area contributed by atoms with E-state index in [0.717, 1.165) is 0 Å². The Balaban J connectivity index is 2.63. The van der Waals surface area contributed by atoms with Crippen LogP contribution in [-0.4, -0.2) is 34.3 Å². The minimum Gasteiger partial charge on any atom is -0.469 e. The van der Waals surface area contributed by atoms with Gasteiger partial charge in [0.25, 0.3) is 0 Å². The molecular formula is C13H21N3O4. The molecule has 1 aromatic heterocycles. The van der Waals surface area contributed by atoms with Crippen molar-refractivity contribution in [1.82, 2.24) is 9.55 Å². The van der Waals surface area contributed by atoms with Gasteiger partial charge < -0.3 is 15.2 Å². The highest BCUT2D eigenvalue weighted by atomic mass is 16.6. The molecule has 0 fully saturated rings. The number of nitrogens with two attached hydrogens (primary N) is 1. The van der Waals surface area contributed by atoms with Gasteiger partial charge in [-0.15, -0.1) is 0 Å². The lowest BCUT2D eigenvalue weighted by atomic mass is 10.2. The molecule has 20 heavy (non-hydrogen) atoms. The van der Waals surface area contributed by atoms with Crippen molar-refractivity contribution < 1.29 is 19.1 Å². The number of carbonyl (C=O) groups excluding carboxylic acids is 2. The molecule has 112 valence electrons. The number of nitrogens with zero attached hydrogens (tertiary/aromatic N) is 2. The average molecular weight is 283 g/mol. The molecule has 0 saturated heterocycles. The first-order valence-electron chi connectivity index (χ1n) is 6.37. The fourth-order valence-electron chi connectivity index (χ4n) is 1.54. The third-order valence-corrected chi connectivity index (χ3v) is 2.41. The number of aryl methyl sites for hydroxylation is 1. The lowest BCUT2D eigenvalue weighted by Crippen LogP contribution is -2.27. The standard InChI is InChI=1S/C13H21N3O4/c1-13(2,3)20-12(18)16-8-9(15-11(16)14)6-5-7-10(17)19-4/h8H,5-7H2,1-4H3,(H2,14,15). The van der Waals surface area contributed by atoms with Crippen molar-refractivity contribution in [1.29, 1.82) is 0 Å². The van der Waals surface area contributed by atoms with Crippen LogP contribution in [-0.2, 0) is 20.7 Å². The molecule has 0 spiro atoms. The smallest absolute Gasteiger partial charge is 0.421 e. The monoisotopic (exact) mass is 283 g/mol. The van der Waals surface area contributed by atoms with Crippen LogP contribution in [0.3, 0.4) is 0 Å². The SMILES string of the molecule is COC(=O)CCCc1cn(C(=O)OC(C)(C)C)c(N)n1. The number of imidazole rings is 1. The Morgan fingerprint density at radius 3 is 2.60 bits per heavy atom. The Bertz CT molecular complexity index is 488. The number of rotatable bonds is 4.